The average Bonchev–Trinajstić information content (AvgIpc) is 3.99. The van der Waals surface area contributed by atoms with Gasteiger partial charge in [-0.1, -0.05) is 152 Å². The first-order chi connectivity index (χ1) is 30.2. The van der Waals surface area contributed by atoms with Gasteiger partial charge in [0.25, 0.3) is 0 Å². The Morgan fingerprint density at radius 2 is 0.984 bits per heavy atom. The van der Waals surface area contributed by atoms with E-state index in [0.717, 1.165) is 54.4 Å². The van der Waals surface area contributed by atoms with Crippen LogP contribution in [0, 0.1) is 0 Å². The fraction of sp³-hybridized carbons (Fsp3) is 0. The zero-order valence-electron chi connectivity index (χ0n) is 32.7. The van der Waals surface area contributed by atoms with Crippen molar-refractivity contribution in [3.8, 4) is 45.5 Å². The summed E-state index contributed by atoms with van der Waals surface area (Å²) in [6.45, 7) is 0. The molecule has 9 aromatic carbocycles. The van der Waals surface area contributed by atoms with Gasteiger partial charge in [-0.15, -0.1) is 11.3 Å². The van der Waals surface area contributed by atoms with E-state index in [0.29, 0.717) is 17.6 Å². The summed E-state index contributed by atoms with van der Waals surface area (Å²) in [6, 6.07) is 71.4. The minimum Gasteiger partial charge on any atom is -0.309 e. The highest BCUT2D eigenvalue weighted by Crippen LogP contribution is 2.44. The first-order valence-electron chi connectivity index (χ1n) is 20.5. The highest BCUT2D eigenvalue weighted by atomic mass is 32.1. The van der Waals surface area contributed by atoms with E-state index in [1.807, 2.05) is 18.2 Å². The smallest absolute Gasteiger partial charge is 0.238 e. The fourth-order valence-electron chi connectivity index (χ4n) is 9.42. The van der Waals surface area contributed by atoms with Gasteiger partial charge in [0.2, 0.25) is 5.95 Å². The van der Waals surface area contributed by atoms with Crippen LogP contribution in [0.2, 0.25) is 0 Å². The molecule has 6 heteroatoms. The van der Waals surface area contributed by atoms with Crippen LogP contribution in [0.3, 0.4) is 0 Å². The minimum absolute atomic E-state index is 0.575. The monoisotopic (exact) mass is 795 g/mol. The van der Waals surface area contributed by atoms with Crippen LogP contribution in [0.5, 0.6) is 0 Å². The van der Waals surface area contributed by atoms with Crippen LogP contribution in [-0.2, 0) is 0 Å². The lowest BCUT2D eigenvalue weighted by Gasteiger charge is -2.14. The third-order valence-electron chi connectivity index (χ3n) is 12.2. The molecule has 0 aliphatic heterocycles. The molecule has 0 aliphatic rings. The standard InChI is InChI=1S/C55H33N5S/c1-3-15-34(16-4-1)37-28-29-48-43(31-37)40-21-9-12-24-46(40)60(48)55-57-53(36-18-5-2-6-19-36)56-54(58-55)45-33-38(32-44-41-22-11-14-26-50(41)61-52(44)45)59-47-25-13-10-23-42(47)51-39-20-8-7-17-35(39)27-30-49(51)59/h1-33H. The second-order valence-electron chi connectivity index (χ2n) is 15.6. The molecule has 0 spiro atoms. The number of hydrogen-bond acceptors (Lipinski definition) is 4. The van der Waals surface area contributed by atoms with Crippen LogP contribution in [0.25, 0.3) is 120 Å². The Hall–Kier alpha value is -7.93. The van der Waals surface area contributed by atoms with Gasteiger partial charge >= 0.3 is 0 Å². The van der Waals surface area contributed by atoms with Crippen LogP contribution in [0.1, 0.15) is 0 Å². The minimum atomic E-state index is 0.575. The van der Waals surface area contributed by atoms with Gasteiger partial charge in [-0.25, -0.2) is 4.98 Å². The van der Waals surface area contributed by atoms with Gasteiger partial charge in [0.1, 0.15) is 0 Å². The maximum atomic E-state index is 5.50. The molecule has 61 heavy (non-hydrogen) atoms. The molecule has 0 amide bonds. The molecule has 0 fully saturated rings. The molecular weight excluding hydrogens is 763 g/mol. The van der Waals surface area contributed by atoms with Crippen molar-refractivity contribution in [3.05, 3.63) is 200 Å². The molecule has 0 saturated carbocycles. The molecule has 0 unspecified atom stereocenters. The lowest BCUT2D eigenvalue weighted by atomic mass is 10.0. The number of nitrogens with zero attached hydrogens (tertiary/aromatic N) is 5. The highest BCUT2D eigenvalue weighted by Gasteiger charge is 2.23. The van der Waals surface area contributed by atoms with Gasteiger partial charge in [-0.05, 0) is 70.4 Å². The summed E-state index contributed by atoms with van der Waals surface area (Å²) in [7, 11) is 0. The molecule has 0 atom stereocenters. The van der Waals surface area contributed by atoms with Gasteiger partial charge in [0.05, 0.1) is 22.1 Å². The molecule has 284 valence electrons. The van der Waals surface area contributed by atoms with Crippen LogP contribution >= 0.6 is 11.3 Å². The first-order valence-corrected chi connectivity index (χ1v) is 21.3. The van der Waals surface area contributed by atoms with Crippen molar-refractivity contribution >= 4 is 85.9 Å². The van der Waals surface area contributed by atoms with Crippen molar-refractivity contribution in [3.63, 3.8) is 0 Å². The molecule has 0 aliphatic carbocycles. The molecule has 5 nitrogen and oxygen atoms in total. The third-order valence-corrected chi connectivity index (χ3v) is 13.4. The van der Waals surface area contributed by atoms with Crippen molar-refractivity contribution in [1.29, 1.82) is 0 Å². The first kappa shape index (κ1) is 34.0. The molecule has 0 radical (unpaired) electrons. The Morgan fingerprint density at radius 1 is 0.361 bits per heavy atom. The average molecular weight is 796 g/mol. The largest absolute Gasteiger partial charge is 0.309 e. The summed E-state index contributed by atoms with van der Waals surface area (Å²) in [5.41, 5.74) is 9.68. The quantitative estimate of drug-likeness (QED) is 0.174. The van der Waals surface area contributed by atoms with E-state index in [4.69, 9.17) is 15.0 Å². The topological polar surface area (TPSA) is 48.5 Å². The molecular formula is C55H33N5S. The zero-order chi connectivity index (χ0) is 40.0. The van der Waals surface area contributed by atoms with E-state index in [1.165, 1.54) is 48.1 Å². The number of hydrogen-bond donors (Lipinski definition) is 0. The predicted octanol–water partition coefficient (Wildman–Crippen LogP) is 14.6. The maximum absolute atomic E-state index is 5.50. The Bertz CT molecular complexity index is 3880. The molecule has 4 aromatic heterocycles. The lowest BCUT2D eigenvalue weighted by Crippen LogP contribution is -2.06. The molecule has 4 heterocycles. The van der Waals surface area contributed by atoms with Gasteiger partial charge in [-0.3, -0.25) is 4.57 Å². The summed E-state index contributed by atoms with van der Waals surface area (Å²) < 4.78 is 6.99. The number of thiophene rings is 1. The van der Waals surface area contributed by atoms with Gasteiger partial charge < -0.3 is 4.57 Å². The van der Waals surface area contributed by atoms with E-state index < -0.39 is 0 Å². The number of para-hydroxylation sites is 2. The Balaban J connectivity index is 1.12. The molecule has 13 aromatic rings. The van der Waals surface area contributed by atoms with Gasteiger partial charge in [0, 0.05) is 58.5 Å². The van der Waals surface area contributed by atoms with E-state index in [9.17, 15) is 0 Å². The van der Waals surface area contributed by atoms with E-state index in [-0.39, 0.29) is 0 Å². The maximum Gasteiger partial charge on any atom is 0.238 e. The Morgan fingerprint density at radius 3 is 1.80 bits per heavy atom. The lowest BCUT2D eigenvalue weighted by molar-refractivity contribution is 0.954. The molecule has 13 rings (SSSR count). The molecule has 0 N–H and O–H groups in total. The zero-order valence-corrected chi connectivity index (χ0v) is 33.5. The van der Waals surface area contributed by atoms with Crippen molar-refractivity contribution in [2.45, 2.75) is 0 Å². The normalized spacial score (nSPS) is 11.9. The van der Waals surface area contributed by atoms with E-state index >= 15 is 0 Å². The Kier molecular flexibility index (Phi) is 7.41. The van der Waals surface area contributed by atoms with Gasteiger partial charge in [0.15, 0.2) is 11.6 Å². The predicted molar refractivity (Wildman–Crippen MR) is 255 cm³/mol. The number of fused-ring (bicyclic) bond motifs is 11. The fourth-order valence-corrected chi connectivity index (χ4v) is 10.6. The SMILES string of the molecule is c1ccc(-c2ccc3c(c2)c2ccccc2n3-c2nc(-c3ccccc3)nc(-c3cc(-n4c5ccccc5c5c6ccccc6ccc54)cc4c3sc3ccccc34)n2)cc1. The molecule has 0 bridgehead atoms. The van der Waals surface area contributed by atoms with Gasteiger partial charge in [-0.2, -0.15) is 9.97 Å². The van der Waals surface area contributed by atoms with Crippen molar-refractivity contribution in [1.82, 2.24) is 24.1 Å². The number of benzene rings is 9. The summed E-state index contributed by atoms with van der Waals surface area (Å²) >= 11 is 1.79. The van der Waals surface area contributed by atoms with Crippen molar-refractivity contribution < 1.29 is 0 Å². The van der Waals surface area contributed by atoms with Crippen LogP contribution in [-0.4, -0.2) is 24.1 Å². The van der Waals surface area contributed by atoms with Crippen molar-refractivity contribution in [2.75, 3.05) is 0 Å². The number of rotatable bonds is 5. The Labute approximate surface area is 354 Å². The summed E-state index contributed by atoms with van der Waals surface area (Å²) in [6.07, 6.45) is 0. The second kappa shape index (κ2) is 13.3. The highest BCUT2D eigenvalue weighted by molar-refractivity contribution is 7.26. The number of aromatic nitrogens is 5. The van der Waals surface area contributed by atoms with Crippen LogP contribution in [0.15, 0.2) is 200 Å². The van der Waals surface area contributed by atoms with E-state index in [1.54, 1.807) is 11.3 Å². The second-order valence-corrected chi connectivity index (χ2v) is 16.7. The summed E-state index contributed by atoms with van der Waals surface area (Å²) in [4.78, 5) is 16.2. The van der Waals surface area contributed by atoms with E-state index in [2.05, 4.69) is 191 Å². The summed E-state index contributed by atoms with van der Waals surface area (Å²) in [5.74, 6) is 1.82. The van der Waals surface area contributed by atoms with Crippen molar-refractivity contribution in [2.24, 2.45) is 0 Å². The third kappa shape index (κ3) is 5.22. The van der Waals surface area contributed by atoms with Crippen LogP contribution in [0.4, 0.5) is 0 Å². The van der Waals surface area contributed by atoms with Crippen LogP contribution < -0.4 is 0 Å². The summed E-state index contributed by atoms with van der Waals surface area (Å²) in [5, 5.41) is 9.63. The molecule has 0 saturated heterocycles.